The highest BCUT2D eigenvalue weighted by Gasteiger charge is 2.33. The monoisotopic (exact) mass is 265 g/mol. The Hall–Kier alpha value is -1.17. The number of rotatable bonds is 8. The summed E-state index contributed by atoms with van der Waals surface area (Å²) in [5.41, 5.74) is 7.12. The normalized spacial score (nSPS) is 16.6. The average molecular weight is 265 g/mol. The maximum atomic E-state index is 5.97. The van der Waals surface area contributed by atoms with Gasteiger partial charge >= 0.3 is 0 Å². The molecule has 19 heavy (non-hydrogen) atoms. The largest absolute Gasteiger partial charge is 0.481 e. The van der Waals surface area contributed by atoms with Crippen molar-refractivity contribution in [3.63, 3.8) is 0 Å². The molecule has 0 radical (unpaired) electrons. The number of hydrogen-bond acceptors (Lipinski definition) is 5. The molecule has 0 bridgehead atoms. The van der Waals surface area contributed by atoms with Crippen LogP contribution in [0.25, 0.3) is 0 Å². The zero-order chi connectivity index (χ0) is 13.7. The molecule has 1 aliphatic carbocycles. The highest BCUT2D eigenvalue weighted by Crippen LogP contribution is 2.33. The quantitative estimate of drug-likeness (QED) is 0.765. The molecule has 5 heteroatoms. The number of nitrogens with zero attached hydrogens (tertiary/aromatic N) is 2. The van der Waals surface area contributed by atoms with E-state index >= 15 is 0 Å². The molecule has 1 aromatic heterocycles. The third kappa shape index (κ3) is 3.65. The minimum Gasteiger partial charge on any atom is -0.481 e. The smallest absolute Gasteiger partial charge is 0.212 e. The zero-order valence-electron chi connectivity index (χ0n) is 11.7. The van der Waals surface area contributed by atoms with Gasteiger partial charge < -0.3 is 15.2 Å². The number of nitrogens with two attached hydrogens (primary N) is 1. The van der Waals surface area contributed by atoms with Crippen LogP contribution < -0.4 is 10.5 Å². The Morgan fingerprint density at radius 1 is 1.42 bits per heavy atom. The third-order valence-electron chi connectivity index (χ3n) is 3.55. The average Bonchev–Trinajstić information content (AvgIpc) is 3.28. The molecule has 1 fully saturated rings. The van der Waals surface area contributed by atoms with Gasteiger partial charge in [-0.25, -0.2) is 4.98 Å². The van der Waals surface area contributed by atoms with Gasteiger partial charge in [-0.3, -0.25) is 4.90 Å². The van der Waals surface area contributed by atoms with Gasteiger partial charge in [0.1, 0.15) is 0 Å². The second-order valence-electron chi connectivity index (χ2n) is 4.85. The zero-order valence-corrected chi connectivity index (χ0v) is 11.7. The predicted molar refractivity (Wildman–Crippen MR) is 74.2 cm³/mol. The van der Waals surface area contributed by atoms with E-state index in [1.165, 1.54) is 12.8 Å². The molecule has 5 nitrogen and oxygen atoms in total. The highest BCUT2D eigenvalue weighted by molar-refractivity contribution is 5.21. The van der Waals surface area contributed by atoms with E-state index in [9.17, 15) is 0 Å². The summed E-state index contributed by atoms with van der Waals surface area (Å²) in [6, 6.07) is 4.79. The first-order valence-corrected chi connectivity index (χ1v) is 6.74. The Labute approximate surface area is 114 Å². The van der Waals surface area contributed by atoms with Crippen LogP contribution in [0.1, 0.15) is 24.4 Å². The first kappa shape index (κ1) is 14.2. The molecular weight excluding hydrogens is 242 g/mol. The van der Waals surface area contributed by atoms with E-state index in [0.717, 1.165) is 18.7 Å². The van der Waals surface area contributed by atoms with Gasteiger partial charge in [0, 0.05) is 44.5 Å². The minimum atomic E-state index is 0.209. The number of aromatic nitrogens is 1. The van der Waals surface area contributed by atoms with Gasteiger partial charge in [0.05, 0.1) is 13.7 Å². The molecule has 2 N–H and O–H groups in total. The minimum absolute atomic E-state index is 0.209. The summed E-state index contributed by atoms with van der Waals surface area (Å²) in [5, 5.41) is 0. The van der Waals surface area contributed by atoms with Crippen molar-refractivity contribution in [2.24, 2.45) is 5.73 Å². The van der Waals surface area contributed by atoms with Crippen molar-refractivity contribution in [3.05, 3.63) is 23.9 Å². The molecule has 1 saturated carbocycles. The third-order valence-corrected chi connectivity index (χ3v) is 3.55. The molecule has 0 spiro atoms. The maximum absolute atomic E-state index is 5.97. The van der Waals surface area contributed by atoms with Gasteiger partial charge in [-0.1, -0.05) is 6.07 Å². The van der Waals surface area contributed by atoms with E-state index in [1.807, 2.05) is 18.3 Å². The Balaban J connectivity index is 2.10. The van der Waals surface area contributed by atoms with Crippen LogP contribution in [-0.2, 0) is 4.74 Å². The van der Waals surface area contributed by atoms with Gasteiger partial charge in [-0.2, -0.15) is 0 Å². The second kappa shape index (κ2) is 6.84. The number of pyridine rings is 1. The van der Waals surface area contributed by atoms with Crippen LogP contribution in [0.3, 0.4) is 0 Å². The maximum Gasteiger partial charge on any atom is 0.212 e. The Bertz CT molecular complexity index is 379. The van der Waals surface area contributed by atoms with Crippen LogP contribution in [-0.4, -0.2) is 49.8 Å². The molecule has 0 aromatic carbocycles. The van der Waals surface area contributed by atoms with Crippen LogP contribution in [0.15, 0.2) is 18.3 Å². The summed E-state index contributed by atoms with van der Waals surface area (Å²) in [4.78, 5) is 6.71. The Kier molecular flexibility index (Phi) is 5.13. The summed E-state index contributed by atoms with van der Waals surface area (Å²) in [6.07, 6.45) is 4.37. The van der Waals surface area contributed by atoms with Crippen LogP contribution in [0.2, 0.25) is 0 Å². The Morgan fingerprint density at radius 3 is 2.68 bits per heavy atom. The van der Waals surface area contributed by atoms with Crippen molar-refractivity contribution in [2.45, 2.75) is 24.9 Å². The molecule has 106 valence electrons. The van der Waals surface area contributed by atoms with Gasteiger partial charge in [0.15, 0.2) is 0 Å². The van der Waals surface area contributed by atoms with Crippen molar-refractivity contribution < 1.29 is 9.47 Å². The summed E-state index contributed by atoms with van der Waals surface area (Å²) < 4.78 is 10.3. The number of hydrogen-bond donors (Lipinski definition) is 1. The first-order chi connectivity index (χ1) is 9.30. The molecule has 2 rings (SSSR count). The fraction of sp³-hybridized carbons (Fsp3) is 0.643. The van der Waals surface area contributed by atoms with E-state index < -0.39 is 0 Å². The lowest BCUT2D eigenvalue weighted by atomic mass is 10.1. The molecule has 1 aromatic rings. The SMILES string of the molecule is COCCN(C1CC1)C(CN)c1ccc(OC)nc1. The van der Waals surface area contributed by atoms with Crippen LogP contribution in [0.5, 0.6) is 5.88 Å². The molecule has 0 aliphatic heterocycles. The fourth-order valence-electron chi connectivity index (χ4n) is 2.37. The Morgan fingerprint density at radius 2 is 2.21 bits per heavy atom. The molecule has 1 aliphatic rings. The van der Waals surface area contributed by atoms with Gasteiger partial charge in [-0.15, -0.1) is 0 Å². The topological polar surface area (TPSA) is 60.6 Å². The van der Waals surface area contributed by atoms with E-state index in [2.05, 4.69) is 9.88 Å². The molecule has 0 saturated heterocycles. The van der Waals surface area contributed by atoms with E-state index in [0.29, 0.717) is 18.5 Å². The fourth-order valence-corrected chi connectivity index (χ4v) is 2.37. The summed E-state index contributed by atoms with van der Waals surface area (Å²) in [7, 11) is 3.36. The number of methoxy groups -OCH3 is 2. The van der Waals surface area contributed by atoms with Crippen molar-refractivity contribution >= 4 is 0 Å². The predicted octanol–water partition coefficient (Wildman–Crippen LogP) is 1.20. The van der Waals surface area contributed by atoms with E-state index in [1.54, 1.807) is 14.2 Å². The second-order valence-corrected chi connectivity index (χ2v) is 4.85. The lowest BCUT2D eigenvalue weighted by molar-refractivity contribution is 0.115. The van der Waals surface area contributed by atoms with Gasteiger partial charge in [-0.05, 0) is 18.4 Å². The van der Waals surface area contributed by atoms with Crippen molar-refractivity contribution in [1.29, 1.82) is 0 Å². The van der Waals surface area contributed by atoms with Gasteiger partial charge in [0.2, 0.25) is 5.88 Å². The molecule has 1 heterocycles. The van der Waals surface area contributed by atoms with Crippen LogP contribution >= 0.6 is 0 Å². The molecule has 1 unspecified atom stereocenters. The lowest BCUT2D eigenvalue weighted by Crippen LogP contribution is -2.37. The highest BCUT2D eigenvalue weighted by atomic mass is 16.5. The standard InChI is InChI=1S/C14H23N3O2/c1-18-8-7-17(12-4-5-12)13(9-15)11-3-6-14(19-2)16-10-11/h3,6,10,12-13H,4-5,7-9,15H2,1-2H3. The molecule has 0 amide bonds. The molecule has 1 atom stereocenters. The summed E-state index contributed by atoms with van der Waals surface area (Å²) in [5.74, 6) is 0.634. The van der Waals surface area contributed by atoms with E-state index in [4.69, 9.17) is 15.2 Å². The molecular formula is C14H23N3O2. The first-order valence-electron chi connectivity index (χ1n) is 6.74. The van der Waals surface area contributed by atoms with Crippen LogP contribution in [0, 0.1) is 0 Å². The van der Waals surface area contributed by atoms with Crippen molar-refractivity contribution in [2.75, 3.05) is 33.9 Å². The van der Waals surface area contributed by atoms with E-state index in [-0.39, 0.29) is 6.04 Å². The van der Waals surface area contributed by atoms with Gasteiger partial charge in [0.25, 0.3) is 0 Å². The van der Waals surface area contributed by atoms with Crippen molar-refractivity contribution in [1.82, 2.24) is 9.88 Å². The lowest BCUT2D eigenvalue weighted by Gasteiger charge is -2.31. The van der Waals surface area contributed by atoms with Crippen LogP contribution in [0.4, 0.5) is 0 Å². The number of ether oxygens (including phenoxy) is 2. The summed E-state index contributed by atoms with van der Waals surface area (Å²) in [6.45, 7) is 2.24. The van der Waals surface area contributed by atoms with Crippen molar-refractivity contribution in [3.8, 4) is 5.88 Å². The summed E-state index contributed by atoms with van der Waals surface area (Å²) >= 11 is 0.